The zero-order valence-electron chi connectivity index (χ0n) is 9.98. The van der Waals surface area contributed by atoms with Crippen LogP contribution in [0.25, 0.3) is 11.1 Å². The van der Waals surface area contributed by atoms with Crippen LogP contribution in [0.2, 0.25) is 0 Å². The van der Waals surface area contributed by atoms with Gasteiger partial charge in [0.1, 0.15) is 23.3 Å². The molecule has 0 radical (unpaired) electrons. The molecule has 0 aliphatic rings. The third-order valence-corrected chi connectivity index (χ3v) is 2.91. The summed E-state index contributed by atoms with van der Waals surface area (Å²) in [7, 11) is 0. The Labute approximate surface area is 107 Å². The summed E-state index contributed by atoms with van der Waals surface area (Å²) in [5.74, 6) is -3.50. The van der Waals surface area contributed by atoms with Crippen molar-refractivity contribution in [2.75, 3.05) is 0 Å². The summed E-state index contributed by atoms with van der Waals surface area (Å²) < 4.78 is 53.8. The van der Waals surface area contributed by atoms with Crippen LogP contribution in [0.4, 0.5) is 17.6 Å². The second-order valence-electron chi connectivity index (χ2n) is 4.14. The minimum absolute atomic E-state index is 0.00463. The third-order valence-electron chi connectivity index (χ3n) is 2.91. The predicted octanol–water partition coefficient (Wildman–Crippen LogP) is 3.71. The van der Waals surface area contributed by atoms with E-state index < -0.39 is 35.4 Å². The molecule has 0 aromatic heterocycles. The second kappa shape index (κ2) is 5.01. The molecule has 0 aliphatic carbocycles. The largest absolute Gasteiger partial charge is 0.391 e. The smallest absolute Gasteiger partial charge is 0.132 e. The van der Waals surface area contributed by atoms with E-state index in [4.69, 9.17) is 5.11 Å². The van der Waals surface area contributed by atoms with E-state index in [0.29, 0.717) is 0 Å². The Morgan fingerprint density at radius 1 is 0.789 bits per heavy atom. The Morgan fingerprint density at radius 2 is 1.16 bits per heavy atom. The minimum atomic E-state index is -0.959. The number of hydrogen-bond acceptors (Lipinski definition) is 1. The molecule has 0 saturated heterocycles. The van der Waals surface area contributed by atoms with Gasteiger partial charge >= 0.3 is 0 Å². The maximum absolute atomic E-state index is 13.5. The first-order valence-electron chi connectivity index (χ1n) is 5.49. The van der Waals surface area contributed by atoms with Crippen molar-refractivity contribution in [2.24, 2.45) is 0 Å². The lowest BCUT2D eigenvalue weighted by Gasteiger charge is -2.08. The van der Waals surface area contributed by atoms with Gasteiger partial charge in [-0.2, -0.15) is 0 Å². The van der Waals surface area contributed by atoms with Gasteiger partial charge in [-0.1, -0.05) is 0 Å². The van der Waals surface area contributed by atoms with Gasteiger partial charge in [-0.15, -0.1) is 0 Å². The first kappa shape index (κ1) is 13.5. The van der Waals surface area contributed by atoms with Crippen LogP contribution < -0.4 is 0 Å². The second-order valence-corrected chi connectivity index (χ2v) is 4.14. The quantitative estimate of drug-likeness (QED) is 0.825. The third kappa shape index (κ3) is 2.46. The fourth-order valence-corrected chi connectivity index (χ4v) is 1.73. The van der Waals surface area contributed by atoms with Crippen molar-refractivity contribution in [1.29, 1.82) is 0 Å². The monoisotopic (exact) mass is 270 g/mol. The maximum Gasteiger partial charge on any atom is 0.132 e. The highest BCUT2D eigenvalue weighted by atomic mass is 19.1. The van der Waals surface area contributed by atoms with Gasteiger partial charge in [-0.25, -0.2) is 17.6 Å². The standard InChI is InChI=1S/C14H10F4O/c1-7-11(15)2-8(3-12(7)16)9-4-13(17)10(6-19)14(18)5-9/h2-5,19H,6H2,1H3. The molecule has 0 aliphatic heterocycles. The molecule has 2 aromatic carbocycles. The van der Waals surface area contributed by atoms with Crippen molar-refractivity contribution >= 4 is 0 Å². The van der Waals surface area contributed by atoms with Crippen LogP contribution in [0.3, 0.4) is 0 Å². The van der Waals surface area contributed by atoms with Gasteiger partial charge in [0.2, 0.25) is 0 Å². The van der Waals surface area contributed by atoms with Crippen LogP contribution in [0.1, 0.15) is 11.1 Å². The van der Waals surface area contributed by atoms with Crippen molar-refractivity contribution < 1.29 is 22.7 Å². The number of aliphatic hydroxyl groups excluding tert-OH is 1. The van der Waals surface area contributed by atoms with E-state index in [-0.39, 0.29) is 16.7 Å². The first-order chi connectivity index (χ1) is 8.93. The first-order valence-corrected chi connectivity index (χ1v) is 5.49. The van der Waals surface area contributed by atoms with Crippen LogP contribution in [-0.4, -0.2) is 5.11 Å². The van der Waals surface area contributed by atoms with Crippen LogP contribution in [0, 0.1) is 30.2 Å². The molecule has 0 bridgehead atoms. The number of aliphatic hydroxyl groups is 1. The summed E-state index contributed by atoms with van der Waals surface area (Å²) in [6, 6.07) is 3.87. The molecule has 0 atom stereocenters. The Morgan fingerprint density at radius 3 is 1.53 bits per heavy atom. The summed E-state index contributed by atoms with van der Waals surface area (Å²) in [6.07, 6.45) is 0. The summed E-state index contributed by atoms with van der Waals surface area (Å²) in [6.45, 7) is 0.485. The van der Waals surface area contributed by atoms with E-state index in [1.807, 2.05) is 0 Å². The average molecular weight is 270 g/mol. The van der Waals surface area contributed by atoms with E-state index >= 15 is 0 Å². The molecule has 19 heavy (non-hydrogen) atoms. The van der Waals surface area contributed by atoms with Crippen molar-refractivity contribution in [2.45, 2.75) is 13.5 Å². The lowest BCUT2D eigenvalue weighted by Crippen LogP contribution is -1.97. The summed E-state index contributed by atoms with van der Waals surface area (Å²) >= 11 is 0. The number of hydrogen-bond donors (Lipinski definition) is 1. The molecule has 0 saturated carbocycles. The molecule has 0 amide bonds. The lowest BCUT2D eigenvalue weighted by atomic mass is 10.0. The topological polar surface area (TPSA) is 20.2 Å². The fraction of sp³-hybridized carbons (Fsp3) is 0.143. The van der Waals surface area contributed by atoms with E-state index in [0.717, 1.165) is 24.3 Å². The SMILES string of the molecule is Cc1c(F)cc(-c2cc(F)c(CO)c(F)c2)cc1F. The lowest BCUT2D eigenvalue weighted by molar-refractivity contribution is 0.269. The number of benzene rings is 2. The van der Waals surface area contributed by atoms with Gasteiger partial charge in [0.25, 0.3) is 0 Å². The number of rotatable bonds is 2. The Bertz CT molecular complexity index is 591. The van der Waals surface area contributed by atoms with Gasteiger partial charge in [0.15, 0.2) is 0 Å². The number of halogens is 4. The van der Waals surface area contributed by atoms with Crippen LogP contribution >= 0.6 is 0 Å². The molecule has 0 heterocycles. The zero-order chi connectivity index (χ0) is 14.2. The Kier molecular flexibility index (Phi) is 3.57. The zero-order valence-corrected chi connectivity index (χ0v) is 9.98. The Hall–Kier alpha value is -1.88. The molecule has 0 fully saturated rings. The van der Waals surface area contributed by atoms with Crippen LogP contribution in [0.15, 0.2) is 24.3 Å². The normalized spacial score (nSPS) is 10.8. The molecule has 100 valence electrons. The highest BCUT2D eigenvalue weighted by molar-refractivity contribution is 5.64. The Balaban J connectivity index is 2.60. The molecule has 2 rings (SSSR count). The highest BCUT2D eigenvalue weighted by Crippen LogP contribution is 2.27. The van der Waals surface area contributed by atoms with Crippen molar-refractivity contribution in [3.05, 3.63) is 58.7 Å². The molecule has 2 aromatic rings. The van der Waals surface area contributed by atoms with Crippen LogP contribution in [-0.2, 0) is 6.61 Å². The molecular formula is C14H10F4O. The van der Waals surface area contributed by atoms with Gasteiger partial charge in [-0.05, 0) is 42.3 Å². The van der Waals surface area contributed by atoms with Gasteiger partial charge in [-0.3, -0.25) is 0 Å². The van der Waals surface area contributed by atoms with E-state index in [1.165, 1.54) is 6.92 Å². The average Bonchev–Trinajstić information content (AvgIpc) is 2.35. The molecule has 0 spiro atoms. The maximum atomic E-state index is 13.5. The summed E-state index contributed by atoms with van der Waals surface area (Å²) in [4.78, 5) is 0. The van der Waals surface area contributed by atoms with Crippen molar-refractivity contribution in [3.8, 4) is 11.1 Å². The molecule has 1 N–H and O–H groups in total. The predicted molar refractivity (Wildman–Crippen MR) is 62.4 cm³/mol. The van der Waals surface area contributed by atoms with Gasteiger partial charge in [0, 0.05) is 11.1 Å². The van der Waals surface area contributed by atoms with Crippen LogP contribution in [0.5, 0.6) is 0 Å². The van der Waals surface area contributed by atoms with Gasteiger partial charge < -0.3 is 5.11 Å². The van der Waals surface area contributed by atoms with E-state index in [9.17, 15) is 17.6 Å². The van der Waals surface area contributed by atoms with E-state index in [1.54, 1.807) is 0 Å². The highest BCUT2D eigenvalue weighted by Gasteiger charge is 2.13. The molecule has 5 heteroatoms. The molecule has 0 unspecified atom stereocenters. The molecule has 1 nitrogen and oxygen atoms in total. The van der Waals surface area contributed by atoms with Crippen molar-refractivity contribution in [1.82, 2.24) is 0 Å². The minimum Gasteiger partial charge on any atom is -0.391 e. The summed E-state index contributed by atoms with van der Waals surface area (Å²) in [5.41, 5.74) is -0.596. The molecular weight excluding hydrogens is 260 g/mol. The van der Waals surface area contributed by atoms with Crippen molar-refractivity contribution in [3.63, 3.8) is 0 Å². The fourth-order valence-electron chi connectivity index (χ4n) is 1.73. The van der Waals surface area contributed by atoms with Gasteiger partial charge in [0.05, 0.1) is 6.61 Å². The summed E-state index contributed by atoms with van der Waals surface area (Å²) in [5, 5.41) is 8.79. The van der Waals surface area contributed by atoms with E-state index in [2.05, 4.69) is 0 Å².